The lowest BCUT2D eigenvalue weighted by molar-refractivity contribution is 0.848. The van der Waals surface area contributed by atoms with Crippen LogP contribution in [0, 0.1) is 20.8 Å². The van der Waals surface area contributed by atoms with Gasteiger partial charge in [-0.05, 0) is 43.7 Å². The molecule has 2 aromatic rings. The SMILES string of the molecule is Cc1[nH]ncc1C(C)C.Cc1n[nH]c(C)c1C(C)C. The third kappa shape index (κ3) is 3.94. The molecule has 2 rings (SSSR count). The number of hydrogen-bond acceptors (Lipinski definition) is 2. The van der Waals surface area contributed by atoms with E-state index in [-0.39, 0.29) is 0 Å². The highest BCUT2D eigenvalue weighted by Crippen LogP contribution is 2.19. The van der Waals surface area contributed by atoms with Gasteiger partial charge < -0.3 is 0 Å². The quantitative estimate of drug-likeness (QED) is 0.859. The van der Waals surface area contributed by atoms with E-state index >= 15 is 0 Å². The fourth-order valence-electron chi connectivity index (χ4n) is 2.35. The zero-order chi connectivity index (χ0) is 14.6. The number of aromatic amines is 2. The van der Waals surface area contributed by atoms with E-state index in [0.29, 0.717) is 11.8 Å². The molecule has 0 aliphatic carbocycles. The van der Waals surface area contributed by atoms with Crippen molar-refractivity contribution in [3.63, 3.8) is 0 Å². The molecule has 0 bridgehead atoms. The summed E-state index contributed by atoms with van der Waals surface area (Å²) in [7, 11) is 0. The molecule has 106 valence electrons. The van der Waals surface area contributed by atoms with Gasteiger partial charge in [0.25, 0.3) is 0 Å². The van der Waals surface area contributed by atoms with Crippen molar-refractivity contribution >= 4 is 0 Å². The number of aryl methyl sites for hydroxylation is 3. The normalized spacial score (nSPS) is 10.8. The number of hydrogen-bond donors (Lipinski definition) is 2. The largest absolute Gasteiger partial charge is 0.283 e. The van der Waals surface area contributed by atoms with Crippen LogP contribution in [-0.2, 0) is 0 Å². The summed E-state index contributed by atoms with van der Waals surface area (Å²) in [5, 5.41) is 13.9. The van der Waals surface area contributed by atoms with Crippen LogP contribution < -0.4 is 0 Å². The molecule has 0 radical (unpaired) electrons. The fourth-order valence-corrected chi connectivity index (χ4v) is 2.35. The number of H-pyrrole nitrogens is 2. The highest BCUT2D eigenvalue weighted by atomic mass is 15.1. The minimum atomic E-state index is 0.582. The summed E-state index contributed by atoms with van der Waals surface area (Å²) in [5.41, 5.74) is 6.19. The Balaban J connectivity index is 0.000000191. The average molecular weight is 262 g/mol. The Hall–Kier alpha value is -1.58. The molecule has 0 aliphatic heterocycles. The molecule has 0 saturated carbocycles. The van der Waals surface area contributed by atoms with Crippen molar-refractivity contribution in [2.24, 2.45) is 0 Å². The van der Waals surface area contributed by atoms with E-state index in [1.807, 2.05) is 20.0 Å². The molecule has 2 N–H and O–H groups in total. The Kier molecular flexibility index (Phi) is 5.33. The molecule has 2 aromatic heterocycles. The first-order valence-electron chi connectivity index (χ1n) is 6.85. The topological polar surface area (TPSA) is 57.4 Å². The first-order valence-corrected chi connectivity index (χ1v) is 6.85. The number of rotatable bonds is 2. The van der Waals surface area contributed by atoms with Gasteiger partial charge in [0.1, 0.15) is 0 Å². The van der Waals surface area contributed by atoms with Gasteiger partial charge in [0.05, 0.1) is 11.9 Å². The van der Waals surface area contributed by atoms with Crippen molar-refractivity contribution in [1.29, 1.82) is 0 Å². The summed E-state index contributed by atoms with van der Waals surface area (Å²) in [5.74, 6) is 1.17. The molecule has 4 nitrogen and oxygen atoms in total. The second-order valence-electron chi connectivity index (χ2n) is 5.61. The van der Waals surface area contributed by atoms with Gasteiger partial charge in [0, 0.05) is 11.4 Å². The average Bonchev–Trinajstić information content (AvgIpc) is 2.86. The maximum absolute atomic E-state index is 4.11. The van der Waals surface area contributed by atoms with Gasteiger partial charge in [0.15, 0.2) is 0 Å². The zero-order valence-corrected chi connectivity index (χ0v) is 13.1. The summed E-state index contributed by atoms with van der Waals surface area (Å²) in [4.78, 5) is 0. The van der Waals surface area contributed by atoms with Crippen LogP contribution in [0.4, 0.5) is 0 Å². The van der Waals surface area contributed by atoms with Crippen LogP contribution in [0.3, 0.4) is 0 Å². The first-order chi connectivity index (χ1) is 8.84. The highest BCUT2D eigenvalue weighted by molar-refractivity contribution is 5.26. The summed E-state index contributed by atoms with van der Waals surface area (Å²) in [6.07, 6.45) is 1.89. The third-order valence-corrected chi connectivity index (χ3v) is 3.25. The number of aromatic nitrogens is 4. The van der Waals surface area contributed by atoms with Gasteiger partial charge in [-0.15, -0.1) is 0 Å². The van der Waals surface area contributed by atoms with Crippen LogP contribution >= 0.6 is 0 Å². The molecule has 0 amide bonds. The van der Waals surface area contributed by atoms with Crippen molar-refractivity contribution in [1.82, 2.24) is 20.4 Å². The maximum Gasteiger partial charge on any atom is 0.0628 e. The zero-order valence-electron chi connectivity index (χ0n) is 13.1. The van der Waals surface area contributed by atoms with Crippen LogP contribution in [0.5, 0.6) is 0 Å². The summed E-state index contributed by atoms with van der Waals surface area (Å²) >= 11 is 0. The van der Waals surface area contributed by atoms with Crippen molar-refractivity contribution in [3.05, 3.63) is 34.4 Å². The predicted octanol–water partition coefficient (Wildman–Crippen LogP) is 3.99. The van der Waals surface area contributed by atoms with Crippen LogP contribution in [0.1, 0.15) is 67.7 Å². The molecule has 0 fully saturated rings. The van der Waals surface area contributed by atoms with Crippen molar-refractivity contribution in [2.45, 2.75) is 60.3 Å². The molecule has 2 heterocycles. The van der Waals surface area contributed by atoms with Crippen LogP contribution in [0.15, 0.2) is 6.20 Å². The lowest BCUT2D eigenvalue weighted by atomic mass is 10.0. The van der Waals surface area contributed by atoms with E-state index in [1.165, 1.54) is 22.5 Å². The predicted molar refractivity (Wildman–Crippen MR) is 79.6 cm³/mol. The van der Waals surface area contributed by atoms with E-state index in [1.54, 1.807) is 0 Å². The monoisotopic (exact) mass is 262 g/mol. The second-order valence-corrected chi connectivity index (χ2v) is 5.61. The molecule has 19 heavy (non-hydrogen) atoms. The highest BCUT2D eigenvalue weighted by Gasteiger charge is 2.08. The Labute approximate surface area is 116 Å². The van der Waals surface area contributed by atoms with Crippen LogP contribution in [0.2, 0.25) is 0 Å². The molecule has 0 aromatic carbocycles. The molecule has 4 heteroatoms. The van der Waals surface area contributed by atoms with E-state index in [9.17, 15) is 0 Å². The van der Waals surface area contributed by atoms with E-state index < -0.39 is 0 Å². The number of nitrogens with one attached hydrogen (secondary N) is 2. The Morgan fingerprint density at radius 3 is 1.74 bits per heavy atom. The molecule has 0 spiro atoms. The minimum Gasteiger partial charge on any atom is -0.283 e. The molecule has 0 aliphatic rings. The van der Waals surface area contributed by atoms with Gasteiger partial charge in [-0.2, -0.15) is 10.2 Å². The van der Waals surface area contributed by atoms with E-state index in [4.69, 9.17) is 0 Å². The van der Waals surface area contributed by atoms with Gasteiger partial charge in [-0.25, -0.2) is 0 Å². The van der Waals surface area contributed by atoms with E-state index in [2.05, 4.69) is 55.0 Å². The molecule has 0 unspecified atom stereocenters. The molecular formula is C15H26N4. The Morgan fingerprint density at radius 1 is 0.895 bits per heavy atom. The third-order valence-electron chi connectivity index (χ3n) is 3.25. The summed E-state index contributed by atoms with van der Waals surface area (Å²) < 4.78 is 0. The van der Waals surface area contributed by atoms with Gasteiger partial charge in [-0.1, -0.05) is 27.7 Å². The summed E-state index contributed by atoms with van der Waals surface area (Å²) in [6.45, 7) is 14.8. The van der Waals surface area contributed by atoms with Gasteiger partial charge in [0.2, 0.25) is 0 Å². The minimum absolute atomic E-state index is 0.582. The fraction of sp³-hybridized carbons (Fsp3) is 0.600. The van der Waals surface area contributed by atoms with Crippen molar-refractivity contribution in [3.8, 4) is 0 Å². The molecule has 0 atom stereocenters. The standard InChI is InChI=1S/C8H14N2.C7H12N2/c1-5(2)8-6(3)9-10-7(8)4;1-5(2)7-4-8-9-6(7)3/h5H,1-4H3,(H,9,10);4-5H,1-3H3,(H,8,9). The lowest BCUT2D eigenvalue weighted by Gasteiger charge is -2.02. The van der Waals surface area contributed by atoms with E-state index in [0.717, 1.165) is 5.69 Å². The van der Waals surface area contributed by atoms with Gasteiger partial charge in [-0.3, -0.25) is 10.2 Å². The molecule has 0 saturated heterocycles. The molecular weight excluding hydrogens is 236 g/mol. The number of nitrogens with zero attached hydrogens (tertiary/aromatic N) is 2. The Morgan fingerprint density at radius 2 is 1.53 bits per heavy atom. The smallest absolute Gasteiger partial charge is 0.0628 e. The van der Waals surface area contributed by atoms with Crippen LogP contribution in [-0.4, -0.2) is 20.4 Å². The first kappa shape index (κ1) is 15.5. The summed E-state index contributed by atoms with van der Waals surface area (Å²) in [6, 6.07) is 0. The van der Waals surface area contributed by atoms with Gasteiger partial charge >= 0.3 is 0 Å². The van der Waals surface area contributed by atoms with Crippen molar-refractivity contribution in [2.75, 3.05) is 0 Å². The maximum atomic E-state index is 4.11. The lowest BCUT2D eigenvalue weighted by Crippen LogP contribution is -1.90. The van der Waals surface area contributed by atoms with Crippen LogP contribution in [0.25, 0.3) is 0 Å². The second kappa shape index (κ2) is 6.55. The van der Waals surface area contributed by atoms with Crippen molar-refractivity contribution < 1.29 is 0 Å². The Bertz CT molecular complexity index is 486.